The summed E-state index contributed by atoms with van der Waals surface area (Å²) in [6, 6.07) is 5.52. The monoisotopic (exact) mass is 220 g/mol. The van der Waals surface area contributed by atoms with Gasteiger partial charge in [-0.1, -0.05) is 6.07 Å². The number of aromatic nitrogens is 2. The van der Waals surface area contributed by atoms with Gasteiger partial charge in [-0.3, -0.25) is 9.20 Å². The molecule has 1 atom stereocenters. The highest BCUT2D eigenvalue weighted by molar-refractivity contribution is 6.21. The molecule has 0 spiro atoms. The van der Waals surface area contributed by atoms with Crippen molar-refractivity contribution in [2.45, 2.75) is 18.2 Å². The fourth-order valence-corrected chi connectivity index (χ4v) is 2.33. The molecule has 1 aliphatic carbocycles. The number of rotatable bonds is 0. The number of hydrogen-bond donors (Lipinski definition) is 0. The Morgan fingerprint density at radius 3 is 3.20 bits per heavy atom. The van der Waals surface area contributed by atoms with Gasteiger partial charge in [0, 0.05) is 11.8 Å². The summed E-state index contributed by atoms with van der Waals surface area (Å²) in [6.07, 6.45) is 3.30. The first-order valence-corrected chi connectivity index (χ1v) is 5.35. The van der Waals surface area contributed by atoms with Gasteiger partial charge in [0.15, 0.2) is 0 Å². The first-order valence-electron chi connectivity index (χ1n) is 4.91. The van der Waals surface area contributed by atoms with E-state index in [9.17, 15) is 4.79 Å². The molecule has 0 aromatic carbocycles. The summed E-state index contributed by atoms with van der Waals surface area (Å²) in [5.74, 6) is 0. The molecular formula is C11H9ClN2O. The Bertz CT molecular complexity index is 591. The van der Waals surface area contributed by atoms with Crippen LogP contribution in [-0.2, 0) is 6.42 Å². The van der Waals surface area contributed by atoms with Gasteiger partial charge in [-0.15, -0.1) is 11.6 Å². The molecule has 1 unspecified atom stereocenters. The summed E-state index contributed by atoms with van der Waals surface area (Å²) < 4.78 is 1.58. The first-order chi connectivity index (χ1) is 7.27. The lowest BCUT2D eigenvalue weighted by molar-refractivity contribution is 0.869. The molecule has 3 nitrogen and oxygen atoms in total. The third kappa shape index (κ3) is 1.20. The maximum atomic E-state index is 12.0. The van der Waals surface area contributed by atoms with Gasteiger partial charge in [0.05, 0.1) is 11.1 Å². The lowest BCUT2D eigenvalue weighted by Gasteiger charge is -2.04. The lowest BCUT2D eigenvalue weighted by atomic mass is 10.2. The minimum absolute atomic E-state index is 0.0266. The largest absolute Gasteiger partial charge is 0.269 e. The Morgan fingerprint density at radius 2 is 2.33 bits per heavy atom. The number of nitrogens with zero attached hydrogens (tertiary/aromatic N) is 2. The molecule has 0 N–H and O–H groups in total. The average molecular weight is 221 g/mol. The number of pyridine rings is 1. The van der Waals surface area contributed by atoms with Crippen LogP contribution < -0.4 is 5.56 Å². The Kier molecular flexibility index (Phi) is 1.83. The SMILES string of the molecule is O=c1c2c(nc3ccccn13)C(Cl)CC2. The van der Waals surface area contributed by atoms with Crippen molar-refractivity contribution >= 4 is 17.2 Å². The first kappa shape index (κ1) is 8.92. The average Bonchev–Trinajstić information content (AvgIpc) is 2.62. The van der Waals surface area contributed by atoms with Crippen LogP contribution >= 0.6 is 11.6 Å². The normalized spacial score (nSPS) is 19.4. The summed E-state index contributed by atoms with van der Waals surface area (Å²) in [6.45, 7) is 0. The fraction of sp³-hybridized carbons (Fsp3) is 0.273. The van der Waals surface area contributed by atoms with Crippen LogP contribution in [0.1, 0.15) is 23.1 Å². The second kappa shape index (κ2) is 3.07. The highest BCUT2D eigenvalue weighted by Gasteiger charge is 2.25. The molecule has 15 heavy (non-hydrogen) atoms. The van der Waals surface area contributed by atoms with Crippen LogP contribution in [0.5, 0.6) is 0 Å². The Balaban J connectivity index is 2.46. The second-order valence-electron chi connectivity index (χ2n) is 3.72. The van der Waals surface area contributed by atoms with E-state index in [4.69, 9.17) is 11.6 Å². The van der Waals surface area contributed by atoms with Crippen molar-refractivity contribution in [3.63, 3.8) is 0 Å². The third-order valence-corrected chi connectivity index (χ3v) is 3.23. The van der Waals surface area contributed by atoms with E-state index in [0.717, 1.165) is 24.1 Å². The highest BCUT2D eigenvalue weighted by Crippen LogP contribution is 2.32. The van der Waals surface area contributed by atoms with Gasteiger partial charge in [-0.25, -0.2) is 4.98 Å². The molecule has 0 fully saturated rings. The fourth-order valence-electron chi connectivity index (χ4n) is 2.04. The smallest absolute Gasteiger partial charge is 0.261 e. The zero-order valence-electron chi connectivity index (χ0n) is 7.98. The van der Waals surface area contributed by atoms with E-state index >= 15 is 0 Å². The van der Waals surface area contributed by atoms with E-state index in [1.807, 2.05) is 18.2 Å². The standard InChI is InChI=1S/C11H9ClN2O/c12-8-5-4-7-10(8)13-9-3-1-2-6-14(9)11(7)15/h1-3,6,8H,4-5H2. The molecule has 76 valence electrons. The minimum Gasteiger partial charge on any atom is -0.269 e. The molecule has 3 rings (SSSR count). The van der Waals surface area contributed by atoms with Crippen molar-refractivity contribution in [3.05, 3.63) is 46.0 Å². The molecule has 2 aromatic rings. The van der Waals surface area contributed by atoms with Crippen molar-refractivity contribution in [2.24, 2.45) is 0 Å². The quantitative estimate of drug-likeness (QED) is 0.636. The minimum atomic E-state index is -0.0992. The van der Waals surface area contributed by atoms with Crippen LogP contribution in [0.4, 0.5) is 0 Å². The molecule has 2 heterocycles. The molecular weight excluding hydrogens is 212 g/mol. The summed E-state index contributed by atoms with van der Waals surface area (Å²) in [5, 5.41) is -0.0992. The predicted molar refractivity (Wildman–Crippen MR) is 58.4 cm³/mol. The van der Waals surface area contributed by atoms with Crippen molar-refractivity contribution in [3.8, 4) is 0 Å². The van der Waals surface area contributed by atoms with Crippen LogP contribution in [0, 0.1) is 0 Å². The Hall–Kier alpha value is -1.35. The van der Waals surface area contributed by atoms with Crippen LogP contribution in [0.3, 0.4) is 0 Å². The Labute approximate surface area is 91.3 Å². The molecule has 0 saturated heterocycles. The number of alkyl halides is 1. The molecule has 0 saturated carbocycles. The maximum absolute atomic E-state index is 12.0. The summed E-state index contributed by atoms with van der Waals surface area (Å²) >= 11 is 6.10. The summed E-state index contributed by atoms with van der Waals surface area (Å²) in [7, 11) is 0. The van der Waals surface area contributed by atoms with Gasteiger partial charge in [-0.05, 0) is 25.0 Å². The third-order valence-electron chi connectivity index (χ3n) is 2.80. The van der Waals surface area contributed by atoms with E-state index < -0.39 is 0 Å². The predicted octanol–water partition coefficient (Wildman–Crippen LogP) is 1.92. The van der Waals surface area contributed by atoms with Crippen LogP contribution in [0.25, 0.3) is 5.65 Å². The van der Waals surface area contributed by atoms with E-state index in [1.165, 1.54) is 0 Å². The van der Waals surface area contributed by atoms with Gasteiger partial charge in [0.1, 0.15) is 5.65 Å². The van der Waals surface area contributed by atoms with E-state index in [-0.39, 0.29) is 10.9 Å². The van der Waals surface area contributed by atoms with Crippen LogP contribution in [0.15, 0.2) is 29.2 Å². The number of fused-ring (bicyclic) bond motifs is 2. The zero-order valence-corrected chi connectivity index (χ0v) is 8.74. The molecule has 0 amide bonds. The molecule has 4 heteroatoms. The zero-order chi connectivity index (χ0) is 10.4. The summed E-state index contributed by atoms with van der Waals surface area (Å²) in [4.78, 5) is 16.5. The van der Waals surface area contributed by atoms with E-state index in [1.54, 1.807) is 10.6 Å². The molecule has 0 radical (unpaired) electrons. The van der Waals surface area contributed by atoms with Crippen LogP contribution in [0.2, 0.25) is 0 Å². The molecule has 1 aliphatic rings. The maximum Gasteiger partial charge on any atom is 0.261 e. The topological polar surface area (TPSA) is 34.4 Å². The van der Waals surface area contributed by atoms with Gasteiger partial charge in [0.25, 0.3) is 5.56 Å². The molecule has 0 bridgehead atoms. The molecule has 0 aliphatic heterocycles. The van der Waals surface area contributed by atoms with E-state index in [2.05, 4.69) is 4.98 Å². The van der Waals surface area contributed by atoms with Crippen molar-refractivity contribution < 1.29 is 0 Å². The van der Waals surface area contributed by atoms with Crippen molar-refractivity contribution in [1.82, 2.24) is 9.38 Å². The number of hydrogen-bond acceptors (Lipinski definition) is 2. The Morgan fingerprint density at radius 1 is 1.47 bits per heavy atom. The van der Waals surface area contributed by atoms with Gasteiger partial charge in [-0.2, -0.15) is 0 Å². The highest BCUT2D eigenvalue weighted by atomic mass is 35.5. The van der Waals surface area contributed by atoms with Gasteiger partial charge >= 0.3 is 0 Å². The summed E-state index contributed by atoms with van der Waals surface area (Å²) in [5.41, 5.74) is 2.25. The van der Waals surface area contributed by atoms with Crippen molar-refractivity contribution in [2.75, 3.05) is 0 Å². The molecule has 2 aromatic heterocycles. The van der Waals surface area contributed by atoms with Gasteiger partial charge < -0.3 is 0 Å². The van der Waals surface area contributed by atoms with Crippen LogP contribution in [-0.4, -0.2) is 9.38 Å². The lowest BCUT2D eigenvalue weighted by Crippen LogP contribution is -2.19. The van der Waals surface area contributed by atoms with E-state index in [0.29, 0.717) is 5.65 Å². The van der Waals surface area contributed by atoms with Crippen molar-refractivity contribution in [1.29, 1.82) is 0 Å². The van der Waals surface area contributed by atoms with Gasteiger partial charge in [0.2, 0.25) is 0 Å². The second-order valence-corrected chi connectivity index (χ2v) is 4.24. The number of halogens is 1.